The second-order valence-corrected chi connectivity index (χ2v) is 9.32. The van der Waals surface area contributed by atoms with Gasteiger partial charge in [0.05, 0.1) is 24.0 Å². The Kier molecular flexibility index (Phi) is 4.58. The third-order valence-electron chi connectivity index (χ3n) is 8.03. The first kappa shape index (κ1) is 18.4. The highest BCUT2D eigenvalue weighted by Gasteiger charge is 2.69. The molecule has 4 heteroatoms. The predicted molar refractivity (Wildman–Crippen MR) is 106 cm³/mol. The molecule has 5 rings (SSSR count). The number of hydrogen-bond donors (Lipinski definition) is 0. The fraction of sp³-hybridized carbons (Fsp3) is 0.667. The Morgan fingerprint density at radius 2 is 1.64 bits per heavy atom. The molecule has 7 atom stereocenters. The minimum Gasteiger partial charge on any atom is -0.373 e. The lowest BCUT2D eigenvalue weighted by Gasteiger charge is -2.36. The Morgan fingerprint density at radius 1 is 1.00 bits per heavy atom. The van der Waals surface area contributed by atoms with E-state index in [9.17, 15) is 9.59 Å². The molecule has 150 valence electrons. The highest BCUT2D eigenvalue weighted by Crippen LogP contribution is 2.58. The minimum atomic E-state index is -0.251. The molecule has 4 nitrogen and oxygen atoms in total. The second kappa shape index (κ2) is 6.98. The Morgan fingerprint density at radius 3 is 2.29 bits per heavy atom. The van der Waals surface area contributed by atoms with E-state index in [1.54, 1.807) is 4.90 Å². The molecule has 2 amide bonds. The predicted octanol–water partition coefficient (Wildman–Crippen LogP) is 4.15. The maximum atomic E-state index is 13.4. The number of imide groups is 1. The van der Waals surface area contributed by atoms with Gasteiger partial charge in [0.2, 0.25) is 11.8 Å². The summed E-state index contributed by atoms with van der Waals surface area (Å²) in [5.41, 5.74) is 1.33. The summed E-state index contributed by atoms with van der Waals surface area (Å²) in [5, 5.41) is 0. The third kappa shape index (κ3) is 2.53. The van der Waals surface area contributed by atoms with Gasteiger partial charge in [0.25, 0.3) is 0 Å². The van der Waals surface area contributed by atoms with E-state index >= 15 is 0 Å². The van der Waals surface area contributed by atoms with Crippen molar-refractivity contribution in [3.05, 3.63) is 35.9 Å². The highest BCUT2D eigenvalue weighted by atomic mass is 16.5. The Labute approximate surface area is 167 Å². The molecule has 4 aliphatic rings. The van der Waals surface area contributed by atoms with Crippen LogP contribution in [0, 0.1) is 23.7 Å². The minimum absolute atomic E-state index is 0.0625. The number of carbonyl (C=O) groups excluding carboxylic acids is 2. The molecule has 3 aliphatic heterocycles. The van der Waals surface area contributed by atoms with E-state index in [1.807, 2.05) is 6.07 Å². The van der Waals surface area contributed by atoms with Crippen LogP contribution in [0.4, 0.5) is 0 Å². The van der Waals surface area contributed by atoms with E-state index in [-0.39, 0.29) is 41.9 Å². The first-order chi connectivity index (χ1) is 13.6. The van der Waals surface area contributed by atoms with Crippen molar-refractivity contribution in [2.24, 2.45) is 23.7 Å². The van der Waals surface area contributed by atoms with E-state index in [0.717, 1.165) is 32.1 Å². The fourth-order valence-corrected chi connectivity index (χ4v) is 6.80. The van der Waals surface area contributed by atoms with Crippen molar-refractivity contribution in [2.75, 3.05) is 0 Å². The van der Waals surface area contributed by atoms with Gasteiger partial charge in [0.15, 0.2) is 0 Å². The number of nitrogens with zero attached hydrogens (tertiary/aromatic N) is 1. The Bertz CT molecular complexity index is 756. The Hall–Kier alpha value is -1.68. The normalized spacial score (nSPS) is 38.9. The van der Waals surface area contributed by atoms with Gasteiger partial charge >= 0.3 is 0 Å². The van der Waals surface area contributed by atoms with E-state index in [4.69, 9.17) is 4.74 Å². The second-order valence-electron chi connectivity index (χ2n) is 9.32. The number of amides is 2. The summed E-state index contributed by atoms with van der Waals surface area (Å²) >= 11 is 0. The highest BCUT2D eigenvalue weighted by molar-refractivity contribution is 6.06. The first-order valence-electron chi connectivity index (χ1n) is 11.2. The van der Waals surface area contributed by atoms with Gasteiger partial charge in [0, 0.05) is 6.04 Å². The van der Waals surface area contributed by atoms with Crippen LogP contribution in [-0.2, 0) is 14.3 Å². The quantitative estimate of drug-likeness (QED) is 0.736. The van der Waals surface area contributed by atoms with Crippen LogP contribution in [0.3, 0.4) is 0 Å². The van der Waals surface area contributed by atoms with Crippen LogP contribution in [0.1, 0.15) is 63.9 Å². The van der Waals surface area contributed by atoms with E-state index in [1.165, 1.54) is 12.0 Å². The topological polar surface area (TPSA) is 46.6 Å². The van der Waals surface area contributed by atoms with Crippen molar-refractivity contribution >= 4 is 11.8 Å². The molecule has 3 saturated heterocycles. The van der Waals surface area contributed by atoms with Crippen LogP contribution >= 0.6 is 0 Å². The third-order valence-corrected chi connectivity index (χ3v) is 8.03. The molecule has 7 unspecified atom stereocenters. The molecule has 28 heavy (non-hydrogen) atoms. The average molecular weight is 382 g/mol. The molecule has 0 N–H and O–H groups in total. The number of hydrogen-bond acceptors (Lipinski definition) is 3. The van der Waals surface area contributed by atoms with Crippen LogP contribution < -0.4 is 0 Å². The van der Waals surface area contributed by atoms with Gasteiger partial charge < -0.3 is 4.74 Å². The number of likely N-dealkylation sites (tertiary alicyclic amines) is 1. The summed E-state index contributed by atoms with van der Waals surface area (Å²) in [6.07, 6.45) is 6.26. The summed E-state index contributed by atoms with van der Waals surface area (Å²) in [4.78, 5) is 28.4. The average Bonchev–Trinajstić information content (AvgIpc) is 3.34. The summed E-state index contributed by atoms with van der Waals surface area (Å²) in [6, 6.07) is 10.8. The van der Waals surface area contributed by atoms with Crippen LogP contribution in [0.25, 0.3) is 0 Å². The molecular formula is C24H31NO3. The van der Waals surface area contributed by atoms with Crippen molar-refractivity contribution in [3.8, 4) is 0 Å². The van der Waals surface area contributed by atoms with E-state index in [0.29, 0.717) is 17.8 Å². The van der Waals surface area contributed by atoms with Gasteiger partial charge in [-0.3, -0.25) is 14.5 Å². The lowest BCUT2D eigenvalue weighted by Crippen LogP contribution is -2.43. The molecule has 4 fully saturated rings. The van der Waals surface area contributed by atoms with Gasteiger partial charge in [-0.2, -0.15) is 0 Å². The number of carbonyl (C=O) groups is 2. The Balaban J connectivity index is 1.45. The molecule has 1 aromatic carbocycles. The van der Waals surface area contributed by atoms with E-state index in [2.05, 4.69) is 38.1 Å². The zero-order valence-electron chi connectivity index (χ0n) is 16.9. The van der Waals surface area contributed by atoms with Gasteiger partial charge in [-0.1, -0.05) is 63.4 Å². The van der Waals surface area contributed by atoms with Crippen molar-refractivity contribution in [1.29, 1.82) is 0 Å². The van der Waals surface area contributed by atoms with Gasteiger partial charge in [-0.15, -0.1) is 0 Å². The standard InChI is InChI=1S/C24H31NO3/c1-3-17(15-10-6-4-7-11-15)18-14(2)21-19-20(22(18)28-21)24(27)25(23(19)26)16-12-8-5-9-13-16/h4,6-7,10-11,14,16-22H,3,5,8-9,12-13H2,1-2H3. The molecule has 1 saturated carbocycles. The summed E-state index contributed by atoms with van der Waals surface area (Å²) in [6.45, 7) is 4.46. The monoisotopic (exact) mass is 381 g/mol. The van der Waals surface area contributed by atoms with Crippen molar-refractivity contribution in [1.82, 2.24) is 4.90 Å². The number of ether oxygens (including phenoxy) is 1. The maximum absolute atomic E-state index is 13.4. The molecule has 2 bridgehead atoms. The zero-order chi connectivity index (χ0) is 19.4. The molecule has 1 aliphatic carbocycles. The summed E-state index contributed by atoms with van der Waals surface area (Å²) in [7, 11) is 0. The fourth-order valence-electron chi connectivity index (χ4n) is 6.80. The van der Waals surface area contributed by atoms with Crippen LogP contribution in [-0.4, -0.2) is 35.0 Å². The summed E-state index contributed by atoms with van der Waals surface area (Å²) in [5.74, 6) is 0.624. The van der Waals surface area contributed by atoms with Crippen LogP contribution in [0.2, 0.25) is 0 Å². The lowest BCUT2D eigenvalue weighted by molar-refractivity contribution is -0.146. The van der Waals surface area contributed by atoms with Crippen LogP contribution in [0.15, 0.2) is 30.3 Å². The maximum Gasteiger partial charge on any atom is 0.236 e. The van der Waals surface area contributed by atoms with Crippen LogP contribution in [0.5, 0.6) is 0 Å². The van der Waals surface area contributed by atoms with Crippen molar-refractivity contribution < 1.29 is 14.3 Å². The zero-order valence-corrected chi connectivity index (χ0v) is 16.9. The molecular weight excluding hydrogens is 350 g/mol. The lowest BCUT2D eigenvalue weighted by atomic mass is 9.64. The molecule has 0 spiro atoms. The van der Waals surface area contributed by atoms with Gasteiger partial charge in [-0.25, -0.2) is 0 Å². The number of fused-ring (bicyclic) bond motifs is 5. The van der Waals surface area contributed by atoms with Crippen molar-refractivity contribution in [2.45, 2.75) is 76.5 Å². The SMILES string of the molecule is CCC(c1ccccc1)C1C(C)C2OC1C1C(=O)N(C3CCCCC3)C(=O)C21. The van der Waals surface area contributed by atoms with Gasteiger partial charge in [0.1, 0.15) is 0 Å². The first-order valence-corrected chi connectivity index (χ1v) is 11.2. The number of rotatable bonds is 4. The molecule has 0 radical (unpaired) electrons. The largest absolute Gasteiger partial charge is 0.373 e. The molecule has 1 aromatic rings. The van der Waals surface area contributed by atoms with E-state index < -0.39 is 0 Å². The van der Waals surface area contributed by atoms with Crippen molar-refractivity contribution in [3.63, 3.8) is 0 Å². The molecule has 0 aromatic heterocycles. The molecule has 3 heterocycles. The smallest absolute Gasteiger partial charge is 0.236 e. The van der Waals surface area contributed by atoms with Gasteiger partial charge in [-0.05, 0) is 42.6 Å². The summed E-state index contributed by atoms with van der Waals surface area (Å²) < 4.78 is 6.38. The number of benzene rings is 1.